The van der Waals surface area contributed by atoms with E-state index >= 15 is 0 Å². The van der Waals surface area contributed by atoms with Gasteiger partial charge in [0.25, 0.3) is 0 Å². The summed E-state index contributed by atoms with van der Waals surface area (Å²) in [6, 6.07) is 6.05. The molecule has 2 atom stereocenters. The van der Waals surface area contributed by atoms with Crippen LogP contribution in [0.3, 0.4) is 0 Å². The van der Waals surface area contributed by atoms with E-state index in [1.807, 2.05) is 12.1 Å². The van der Waals surface area contributed by atoms with Crippen molar-refractivity contribution in [1.82, 2.24) is 0 Å². The van der Waals surface area contributed by atoms with Crippen molar-refractivity contribution in [2.24, 2.45) is 0 Å². The fraction of sp³-hybridized carbons (Fsp3) is 0.417. The van der Waals surface area contributed by atoms with Crippen LogP contribution >= 0.6 is 0 Å². The molecule has 0 amide bonds. The molecule has 1 aliphatic carbocycles. The first kappa shape index (κ1) is 8.49. The lowest BCUT2D eigenvalue weighted by Crippen LogP contribution is -2.22. The van der Waals surface area contributed by atoms with Gasteiger partial charge in [-0.1, -0.05) is 32.0 Å². The van der Waals surface area contributed by atoms with Crippen molar-refractivity contribution in [2.45, 2.75) is 32.6 Å². The first-order valence-electron chi connectivity index (χ1n) is 4.76. The van der Waals surface area contributed by atoms with Crippen LogP contribution in [-0.4, -0.2) is 5.78 Å². The van der Waals surface area contributed by atoms with E-state index in [2.05, 4.69) is 19.9 Å². The van der Waals surface area contributed by atoms with Crippen molar-refractivity contribution in [3.63, 3.8) is 0 Å². The molecule has 0 radical (unpaired) electrons. The van der Waals surface area contributed by atoms with Gasteiger partial charge in [-0.15, -0.1) is 0 Å². The standard InChI is InChI=1S/C12H14O/c1-7-8(2)12-10(7)5-4-6-11(12)9(3)13/h4-8H,1-3H3. The van der Waals surface area contributed by atoms with Gasteiger partial charge in [-0.05, 0) is 29.9 Å². The zero-order chi connectivity index (χ0) is 9.59. The van der Waals surface area contributed by atoms with E-state index < -0.39 is 0 Å². The zero-order valence-corrected chi connectivity index (χ0v) is 8.29. The average Bonchev–Trinajstić information content (AvgIpc) is 2.15. The smallest absolute Gasteiger partial charge is 0.160 e. The second-order valence-electron chi connectivity index (χ2n) is 3.94. The number of carbonyl (C=O) groups is 1. The summed E-state index contributed by atoms with van der Waals surface area (Å²) < 4.78 is 0. The van der Waals surface area contributed by atoms with Gasteiger partial charge in [0, 0.05) is 5.56 Å². The maximum atomic E-state index is 11.3. The predicted molar refractivity (Wildman–Crippen MR) is 53.3 cm³/mol. The highest BCUT2D eigenvalue weighted by Gasteiger charge is 2.33. The molecule has 68 valence electrons. The maximum absolute atomic E-state index is 11.3. The maximum Gasteiger partial charge on any atom is 0.160 e. The number of benzene rings is 1. The Labute approximate surface area is 78.8 Å². The van der Waals surface area contributed by atoms with E-state index in [0.29, 0.717) is 11.8 Å². The average molecular weight is 174 g/mol. The number of ketones is 1. The van der Waals surface area contributed by atoms with E-state index in [4.69, 9.17) is 0 Å². The molecule has 2 rings (SSSR count). The second-order valence-corrected chi connectivity index (χ2v) is 3.94. The number of carbonyl (C=O) groups excluding carboxylic acids is 1. The Morgan fingerprint density at radius 2 is 1.92 bits per heavy atom. The Morgan fingerprint density at radius 1 is 1.23 bits per heavy atom. The Kier molecular flexibility index (Phi) is 1.76. The number of rotatable bonds is 1. The van der Waals surface area contributed by atoms with E-state index in [-0.39, 0.29) is 5.78 Å². The molecular weight excluding hydrogens is 160 g/mol. The summed E-state index contributed by atoms with van der Waals surface area (Å²) in [4.78, 5) is 11.3. The summed E-state index contributed by atoms with van der Waals surface area (Å²) in [6.07, 6.45) is 0. The molecule has 1 aromatic rings. The van der Waals surface area contributed by atoms with Gasteiger partial charge in [-0.3, -0.25) is 4.79 Å². The van der Waals surface area contributed by atoms with Crippen LogP contribution in [0.4, 0.5) is 0 Å². The molecule has 0 bridgehead atoms. The molecule has 0 fully saturated rings. The van der Waals surface area contributed by atoms with Gasteiger partial charge in [0.05, 0.1) is 0 Å². The third kappa shape index (κ3) is 1.03. The highest BCUT2D eigenvalue weighted by Crippen LogP contribution is 2.47. The second kappa shape index (κ2) is 2.69. The zero-order valence-electron chi connectivity index (χ0n) is 8.29. The molecule has 0 saturated heterocycles. The highest BCUT2D eigenvalue weighted by molar-refractivity contribution is 5.96. The van der Waals surface area contributed by atoms with Crippen molar-refractivity contribution in [1.29, 1.82) is 0 Å². The molecule has 2 unspecified atom stereocenters. The van der Waals surface area contributed by atoms with E-state index in [9.17, 15) is 4.79 Å². The monoisotopic (exact) mass is 174 g/mol. The van der Waals surface area contributed by atoms with Gasteiger partial charge in [-0.2, -0.15) is 0 Å². The van der Waals surface area contributed by atoms with Crippen LogP contribution in [0.2, 0.25) is 0 Å². The largest absolute Gasteiger partial charge is 0.295 e. The summed E-state index contributed by atoms with van der Waals surface area (Å²) in [5.74, 6) is 1.36. The molecule has 0 aliphatic heterocycles. The molecule has 1 nitrogen and oxygen atoms in total. The lowest BCUT2D eigenvalue weighted by atomic mass is 9.67. The van der Waals surface area contributed by atoms with Gasteiger partial charge in [-0.25, -0.2) is 0 Å². The summed E-state index contributed by atoms with van der Waals surface area (Å²) in [5.41, 5.74) is 3.56. The van der Waals surface area contributed by atoms with Crippen molar-refractivity contribution in [3.05, 3.63) is 34.9 Å². The quantitative estimate of drug-likeness (QED) is 0.598. The van der Waals surface area contributed by atoms with Crippen molar-refractivity contribution in [2.75, 3.05) is 0 Å². The van der Waals surface area contributed by atoms with Gasteiger partial charge in [0.1, 0.15) is 0 Å². The molecule has 0 heterocycles. The Morgan fingerprint density at radius 3 is 2.54 bits per heavy atom. The molecule has 0 aromatic heterocycles. The molecule has 0 spiro atoms. The fourth-order valence-corrected chi connectivity index (χ4v) is 2.22. The van der Waals surface area contributed by atoms with Gasteiger partial charge < -0.3 is 0 Å². The lowest BCUT2D eigenvalue weighted by Gasteiger charge is -2.36. The van der Waals surface area contributed by atoms with Crippen LogP contribution in [0.1, 0.15) is 54.1 Å². The summed E-state index contributed by atoms with van der Waals surface area (Å²) in [6.45, 7) is 6.06. The highest BCUT2D eigenvalue weighted by atomic mass is 16.1. The first-order chi connectivity index (χ1) is 6.13. The lowest BCUT2D eigenvalue weighted by molar-refractivity contribution is 0.101. The Bertz CT molecular complexity index is 365. The van der Waals surface area contributed by atoms with Crippen LogP contribution in [0.25, 0.3) is 0 Å². The predicted octanol–water partition coefficient (Wildman–Crippen LogP) is 3.11. The minimum Gasteiger partial charge on any atom is -0.295 e. The molecular formula is C12H14O. The van der Waals surface area contributed by atoms with Crippen molar-refractivity contribution < 1.29 is 4.79 Å². The first-order valence-corrected chi connectivity index (χ1v) is 4.76. The van der Waals surface area contributed by atoms with Crippen LogP contribution in [0.5, 0.6) is 0 Å². The number of hydrogen-bond donors (Lipinski definition) is 0. The molecule has 13 heavy (non-hydrogen) atoms. The number of hydrogen-bond acceptors (Lipinski definition) is 1. The van der Waals surface area contributed by atoms with E-state index in [1.165, 1.54) is 11.1 Å². The molecule has 0 N–H and O–H groups in total. The topological polar surface area (TPSA) is 17.1 Å². The summed E-state index contributed by atoms with van der Waals surface area (Å²) in [7, 11) is 0. The van der Waals surface area contributed by atoms with E-state index in [1.54, 1.807) is 6.92 Å². The van der Waals surface area contributed by atoms with Crippen LogP contribution in [0.15, 0.2) is 18.2 Å². The third-order valence-corrected chi connectivity index (χ3v) is 3.22. The van der Waals surface area contributed by atoms with Crippen molar-refractivity contribution >= 4 is 5.78 Å². The fourth-order valence-electron chi connectivity index (χ4n) is 2.22. The van der Waals surface area contributed by atoms with Gasteiger partial charge >= 0.3 is 0 Å². The normalized spacial score (nSPS) is 24.8. The number of fused-ring (bicyclic) bond motifs is 1. The molecule has 0 saturated carbocycles. The van der Waals surface area contributed by atoms with Crippen LogP contribution in [0, 0.1) is 0 Å². The minimum absolute atomic E-state index is 0.190. The van der Waals surface area contributed by atoms with Gasteiger partial charge in [0.15, 0.2) is 5.78 Å². The SMILES string of the molecule is CC(=O)c1cccc2c1C(C)C2C. The van der Waals surface area contributed by atoms with Crippen LogP contribution in [-0.2, 0) is 0 Å². The van der Waals surface area contributed by atoms with E-state index in [0.717, 1.165) is 5.56 Å². The Hall–Kier alpha value is -1.11. The molecule has 1 heteroatoms. The summed E-state index contributed by atoms with van der Waals surface area (Å²) >= 11 is 0. The number of Topliss-reactive ketones (excluding diaryl/α,β-unsaturated/α-hetero) is 1. The van der Waals surface area contributed by atoms with Gasteiger partial charge in [0.2, 0.25) is 0 Å². The molecule has 1 aliphatic rings. The van der Waals surface area contributed by atoms with Crippen molar-refractivity contribution in [3.8, 4) is 0 Å². The summed E-state index contributed by atoms with van der Waals surface area (Å²) in [5, 5.41) is 0. The molecule has 1 aromatic carbocycles. The minimum atomic E-state index is 0.190. The third-order valence-electron chi connectivity index (χ3n) is 3.22. The Balaban J connectivity index is 2.57. The van der Waals surface area contributed by atoms with Crippen LogP contribution < -0.4 is 0 Å².